The van der Waals surface area contributed by atoms with E-state index in [-0.39, 0.29) is 24.7 Å². The van der Waals surface area contributed by atoms with Crippen LogP contribution < -0.4 is 10.1 Å². The van der Waals surface area contributed by atoms with Crippen molar-refractivity contribution >= 4 is 5.91 Å². The van der Waals surface area contributed by atoms with Gasteiger partial charge in [-0.05, 0) is 43.0 Å². The van der Waals surface area contributed by atoms with E-state index < -0.39 is 0 Å². The van der Waals surface area contributed by atoms with E-state index in [0.717, 1.165) is 24.0 Å². The Morgan fingerprint density at radius 1 is 1.55 bits per heavy atom. The molecule has 1 aromatic carbocycles. The van der Waals surface area contributed by atoms with Crippen molar-refractivity contribution in [1.82, 2.24) is 5.32 Å². The normalized spacial score (nSPS) is 18.4. The number of carbonyl (C=O) groups excluding carboxylic acids is 1. The predicted molar refractivity (Wildman–Crippen MR) is 74.7 cm³/mol. The molecule has 0 radical (unpaired) electrons. The quantitative estimate of drug-likeness (QED) is 0.821. The van der Waals surface area contributed by atoms with Gasteiger partial charge in [-0.1, -0.05) is 6.07 Å². The van der Waals surface area contributed by atoms with Crippen LogP contribution in [-0.4, -0.2) is 37.4 Å². The first kappa shape index (κ1) is 14.8. The Morgan fingerprint density at radius 2 is 2.35 bits per heavy atom. The molecule has 1 aliphatic rings. The zero-order chi connectivity index (χ0) is 14.5. The molecule has 0 spiro atoms. The molecule has 0 saturated heterocycles. The van der Waals surface area contributed by atoms with E-state index in [1.807, 2.05) is 19.1 Å². The molecule has 1 aromatic rings. The molecule has 1 amide bonds. The second kappa shape index (κ2) is 6.72. The van der Waals surface area contributed by atoms with Crippen LogP contribution in [0.1, 0.15) is 30.6 Å². The fraction of sp³-hybridized carbons (Fsp3) is 0.533. The van der Waals surface area contributed by atoms with Gasteiger partial charge in [-0.2, -0.15) is 0 Å². The Hall–Kier alpha value is -1.59. The van der Waals surface area contributed by atoms with Gasteiger partial charge in [-0.15, -0.1) is 0 Å². The van der Waals surface area contributed by atoms with Crippen molar-refractivity contribution in [1.29, 1.82) is 0 Å². The van der Waals surface area contributed by atoms with Gasteiger partial charge in [0.15, 0.2) is 6.61 Å². The van der Waals surface area contributed by atoms with Crippen LogP contribution in [0.15, 0.2) is 18.2 Å². The predicted octanol–water partition coefficient (Wildman–Crippen LogP) is 1.20. The van der Waals surface area contributed by atoms with Crippen LogP contribution >= 0.6 is 0 Å². The number of amides is 1. The first-order valence-electron chi connectivity index (χ1n) is 6.82. The molecule has 1 unspecified atom stereocenters. The molecule has 0 aromatic heterocycles. The molecule has 0 aliphatic heterocycles. The zero-order valence-electron chi connectivity index (χ0n) is 11.9. The van der Waals surface area contributed by atoms with Gasteiger partial charge < -0.3 is 19.9 Å². The van der Waals surface area contributed by atoms with Gasteiger partial charge in [0.1, 0.15) is 5.75 Å². The Labute approximate surface area is 118 Å². The molecule has 2 rings (SSSR count). The number of nitrogens with one attached hydrogen (secondary N) is 1. The number of aliphatic hydroxyl groups is 1. The number of hydrogen-bond donors (Lipinski definition) is 2. The van der Waals surface area contributed by atoms with E-state index in [1.54, 1.807) is 13.2 Å². The highest BCUT2D eigenvalue weighted by Gasteiger charge is 2.20. The summed E-state index contributed by atoms with van der Waals surface area (Å²) in [6.07, 6.45) is 1.25. The third-order valence-corrected chi connectivity index (χ3v) is 3.35. The number of rotatable bonds is 6. The molecule has 0 fully saturated rings. The molecule has 110 valence electrons. The number of aryl methyl sites for hydroxylation is 1. The number of benzene rings is 1. The summed E-state index contributed by atoms with van der Waals surface area (Å²) in [5.41, 5.74) is 2.07. The van der Waals surface area contributed by atoms with Gasteiger partial charge in [0.05, 0.1) is 12.7 Å². The molecule has 0 heterocycles. The van der Waals surface area contributed by atoms with Gasteiger partial charge in [0.25, 0.3) is 5.91 Å². The summed E-state index contributed by atoms with van der Waals surface area (Å²) >= 11 is 0. The second-order valence-corrected chi connectivity index (χ2v) is 5.13. The van der Waals surface area contributed by atoms with E-state index in [4.69, 9.17) is 9.47 Å². The van der Waals surface area contributed by atoms with Crippen molar-refractivity contribution in [3.05, 3.63) is 29.3 Å². The summed E-state index contributed by atoms with van der Waals surface area (Å²) in [5.74, 6) is 0.488. The summed E-state index contributed by atoms with van der Waals surface area (Å²) in [5, 5.41) is 12.5. The molecule has 20 heavy (non-hydrogen) atoms. The lowest BCUT2D eigenvalue weighted by Crippen LogP contribution is -2.38. The molecule has 2 N–H and O–H groups in total. The third-order valence-electron chi connectivity index (χ3n) is 3.35. The van der Waals surface area contributed by atoms with E-state index in [2.05, 4.69) is 5.32 Å². The smallest absolute Gasteiger partial charge is 0.258 e. The Morgan fingerprint density at radius 3 is 3.10 bits per heavy atom. The maximum absolute atomic E-state index is 11.7. The fourth-order valence-corrected chi connectivity index (χ4v) is 2.42. The average molecular weight is 279 g/mol. The van der Waals surface area contributed by atoms with Crippen molar-refractivity contribution in [2.75, 3.05) is 20.3 Å². The summed E-state index contributed by atoms with van der Waals surface area (Å²) in [6, 6.07) is 5.52. The summed E-state index contributed by atoms with van der Waals surface area (Å²) in [4.78, 5) is 11.7. The number of methoxy groups -OCH3 is 1. The summed E-state index contributed by atoms with van der Waals surface area (Å²) < 4.78 is 10.4. The van der Waals surface area contributed by atoms with Crippen molar-refractivity contribution < 1.29 is 19.4 Å². The first-order valence-corrected chi connectivity index (χ1v) is 6.82. The number of carbonyl (C=O) groups is 1. The highest BCUT2D eigenvalue weighted by atomic mass is 16.5. The van der Waals surface area contributed by atoms with Crippen LogP contribution in [0.2, 0.25) is 0 Å². The van der Waals surface area contributed by atoms with Crippen LogP contribution in [0, 0.1) is 0 Å². The van der Waals surface area contributed by atoms with Gasteiger partial charge in [-0.3, -0.25) is 4.79 Å². The average Bonchev–Trinajstić information content (AvgIpc) is 2.78. The van der Waals surface area contributed by atoms with Crippen LogP contribution in [0.4, 0.5) is 0 Å². The number of fused-ring (bicyclic) bond motifs is 1. The highest BCUT2D eigenvalue weighted by molar-refractivity contribution is 5.77. The Kier molecular flexibility index (Phi) is 4.98. The monoisotopic (exact) mass is 279 g/mol. The number of aliphatic hydroxyl groups excluding tert-OH is 1. The van der Waals surface area contributed by atoms with Gasteiger partial charge in [-0.25, -0.2) is 0 Å². The van der Waals surface area contributed by atoms with Gasteiger partial charge >= 0.3 is 0 Å². The molecule has 0 bridgehead atoms. The van der Waals surface area contributed by atoms with Crippen molar-refractivity contribution in [2.24, 2.45) is 0 Å². The van der Waals surface area contributed by atoms with Crippen molar-refractivity contribution in [3.63, 3.8) is 0 Å². The maximum Gasteiger partial charge on any atom is 0.258 e. The topological polar surface area (TPSA) is 67.8 Å². The molecule has 1 aliphatic carbocycles. The number of ether oxygens (including phenoxy) is 2. The van der Waals surface area contributed by atoms with Crippen LogP contribution in [0.5, 0.6) is 5.75 Å². The van der Waals surface area contributed by atoms with Gasteiger partial charge in [0, 0.05) is 13.2 Å². The van der Waals surface area contributed by atoms with E-state index in [1.165, 1.54) is 0 Å². The second-order valence-electron chi connectivity index (χ2n) is 5.13. The Balaban J connectivity index is 1.84. The van der Waals surface area contributed by atoms with Crippen LogP contribution in [-0.2, 0) is 16.0 Å². The minimum Gasteiger partial charge on any atom is -0.484 e. The van der Waals surface area contributed by atoms with Crippen molar-refractivity contribution in [3.8, 4) is 5.75 Å². The van der Waals surface area contributed by atoms with E-state index >= 15 is 0 Å². The van der Waals surface area contributed by atoms with Gasteiger partial charge in [0.2, 0.25) is 0 Å². The fourth-order valence-electron chi connectivity index (χ4n) is 2.42. The molecular formula is C15H21NO4. The molecular weight excluding hydrogens is 258 g/mol. The SMILES string of the molecule is COCC(C)NC(=O)COc1ccc2c(c1)CC[C@H]2O. The minimum absolute atomic E-state index is 0.0185. The highest BCUT2D eigenvalue weighted by Crippen LogP contribution is 2.33. The molecule has 5 heteroatoms. The van der Waals surface area contributed by atoms with Crippen LogP contribution in [0.25, 0.3) is 0 Å². The summed E-state index contributed by atoms with van der Waals surface area (Å²) in [7, 11) is 1.60. The lowest BCUT2D eigenvalue weighted by molar-refractivity contribution is -0.124. The Bertz CT molecular complexity index is 475. The van der Waals surface area contributed by atoms with Crippen molar-refractivity contribution in [2.45, 2.75) is 31.9 Å². The standard InChI is InChI=1S/C15H21NO4/c1-10(8-19-2)16-15(18)9-20-12-4-5-13-11(7-12)3-6-14(13)17/h4-5,7,10,14,17H,3,6,8-9H2,1-2H3,(H,16,18)/t10?,14-/m1/s1. The van der Waals surface area contributed by atoms with E-state index in [9.17, 15) is 9.90 Å². The molecule has 0 saturated carbocycles. The maximum atomic E-state index is 11.7. The first-order chi connectivity index (χ1) is 9.60. The van der Waals surface area contributed by atoms with E-state index in [0.29, 0.717) is 12.4 Å². The third kappa shape index (κ3) is 3.71. The largest absolute Gasteiger partial charge is 0.484 e. The zero-order valence-corrected chi connectivity index (χ0v) is 11.9. The van der Waals surface area contributed by atoms with Crippen LogP contribution in [0.3, 0.4) is 0 Å². The lowest BCUT2D eigenvalue weighted by Gasteiger charge is -2.13. The lowest BCUT2D eigenvalue weighted by atomic mass is 10.1. The summed E-state index contributed by atoms with van der Waals surface area (Å²) in [6.45, 7) is 2.33. The molecule has 2 atom stereocenters. The number of hydrogen-bond acceptors (Lipinski definition) is 4. The minimum atomic E-state index is -0.364. The molecule has 5 nitrogen and oxygen atoms in total.